The number of aromatic nitrogens is 2. The Morgan fingerprint density at radius 2 is 1.88 bits per heavy atom. The van der Waals surface area contributed by atoms with Crippen LogP contribution in [0.5, 0.6) is 11.6 Å². The van der Waals surface area contributed by atoms with Crippen LogP contribution in [0, 0.1) is 20.8 Å². The Balaban J connectivity index is 2.35. The summed E-state index contributed by atoms with van der Waals surface area (Å²) in [5.74, 6) is 1.11. The van der Waals surface area contributed by atoms with Crippen LogP contribution in [-0.4, -0.2) is 9.97 Å². The van der Waals surface area contributed by atoms with E-state index >= 15 is 0 Å². The van der Waals surface area contributed by atoms with Gasteiger partial charge in [-0.2, -0.15) is 0 Å². The molecule has 1 aromatic heterocycles. The van der Waals surface area contributed by atoms with E-state index in [0.29, 0.717) is 17.3 Å². The minimum Gasteiger partial charge on any atom is -0.435 e. The number of ether oxygens (including phenoxy) is 1. The molecule has 0 radical (unpaired) electrons. The van der Waals surface area contributed by atoms with Crippen molar-refractivity contribution in [2.75, 3.05) is 5.73 Å². The zero-order chi connectivity index (χ0) is 12.4. The number of para-hydroxylation sites is 1. The van der Waals surface area contributed by atoms with Gasteiger partial charge in [0.25, 0.3) is 0 Å². The molecule has 0 aliphatic rings. The highest BCUT2D eigenvalue weighted by Crippen LogP contribution is 2.29. The molecule has 4 heteroatoms. The van der Waals surface area contributed by atoms with Gasteiger partial charge in [-0.1, -0.05) is 12.1 Å². The molecule has 0 fully saturated rings. The van der Waals surface area contributed by atoms with Crippen LogP contribution in [-0.2, 0) is 0 Å². The first-order valence-electron chi connectivity index (χ1n) is 5.41. The van der Waals surface area contributed by atoms with Gasteiger partial charge in [0, 0.05) is 0 Å². The van der Waals surface area contributed by atoms with Crippen LogP contribution in [0.15, 0.2) is 24.4 Å². The first-order valence-corrected chi connectivity index (χ1v) is 5.41. The number of anilines is 1. The summed E-state index contributed by atoms with van der Waals surface area (Å²) >= 11 is 0. The summed E-state index contributed by atoms with van der Waals surface area (Å²) in [4.78, 5) is 8.52. The number of nitrogens with two attached hydrogens (primary N) is 1. The van der Waals surface area contributed by atoms with E-state index in [1.54, 1.807) is 12.3 Å². The minimum atomic E-state index is 0.467. The molecular weight excluding hydrogens is 214 g/mol. The summed E-state index contributed by atoms with van der Waals surface area (Å²) in [6.45, 7) is 5.75. The van der Waals surface area contributed by atoms with Crippen LogP contribution in [0.25, 0.3) is 0 Å². The van der Waals surface area contributed by atoms with E-state index in [-0.39, 0.29) is 0 Å². The normalized spacial score (nSPS) is 10.3. The van der Waals surface area contributed by atoms with E-state index in [2.05, 4.69) is 9.97 Å². The van der Waals surface area contributed by atoms with Crippen molar-refractivity contribution in [2.24, 2.45) is 0 Å². The highest BCUT2D eigenvalue weighted by atomic mass is 16.5. The number of aryl methyl sites for hydroxylation is 3. The summed E-state index contributed by atoms with van der Waals surface area (Å²) in [5, 5.41) is 0. The third-order valence-electron chi connectivity index (χ3n) is 2.62. The van der Waals surface area contributed by atoms with E-state index in [1.807, 2.05) is 32.9 Å². The number of rotatable bonds is 2. The van der Waals surface area contributed by atoms with E-state index < -0.39 is 0 Å². The zero-order valence-electron chi connectivity index (χ0n) is 10.2. The molecule has 88 valence electrons. The fourth-order valence-corrected chi connectivity index (χ4v) is 1.49. The summed E-state index contributed by atoms with van der Waals surface area (Å²) in [6, 6.07) is 5.64. The lowest BCUT2D eigenvalue weighted by atomic mass is 10.2. The number of nitrogens with zero attached hydrogens (tertiary/aromatic N) is 2. The minimum absolute atomic E-state index is 0.467. The molecule has 17 heavy (non-hydrogen) atoms. The Morgan fingerprint density at radius 3 is 2.53 bits per heavy atom. The molecule has 0 saturated heterocycles. The third kappa shape index (κ3) is 2.36. The number of hydrogen-bond acceptors (Lipinski definition) is 4. The topological polar surface area (TPSA) is 61.0 Å². The Kier molecular flexibility index (Phi) is 2.95. The van der Waals surface area contributed by atoms with E-state index in [4.69, 9.17) is 10.5 Å². The van der Waals surface area contributed by atoms with Crippen molar-refractivity contribution >= 4 is 5.69 Å². The van der Waals surface area contributed by atoms with Gasteiger partial charge in [-0.15, -0.1) is 0 Å². The summed E-state index contributed by atoms with van der Waals surface area (Å²) in [6.07, 6.45) is 1.61. The average molecular weight is 229 g/mol. The molecule has 4 nitrogen and oxygen atoms in total. The van der Waals surface area contributed by atoms with Gasteiger partial charge in [0.15, 0.2) is 5.75 Å². The molecule has 0 aliphatic carbocycles. The monoisotopic (exact) mass is 229 g/mol. The quantitative estimate of drug-likeness (QED) is 0.804. The predicted octanol–water partition coefficient (Wildman–Crippen LogP) is 2.78. The first-order chi connectivity index (χ1) is 8.08. The molecule has 2 N–H and O–H groups in total. The van der Waals surface area contributed by atoms with Gasteiger partial charge >= 0.3 is 0 Å². The zero-order valence-corrected chi connectivity index (χ0v) is 10.2. The van der Waals surface area contributed by atoms with Gasteiger partial charge in [0.05, 0.1) is 23.3 Å². The molecular formula is C13H15N3O. The largest absolute Gasteiger partial charge is 0.435 e. The standard InChI is InChI=1S/C13H15N3O/c1-8-5-4-6-11(14)13(8)17-12-7-15-9(2)10(3)16-12/h4-7H,14H2,1-3H3. The lowest BCUT2D eigenvalue weighted by Gasteiger charge is -2.10. The maximum atomic E-state index is 5.86. The van der Waals surface area contributed by atoms with Gasteiger partial charge < -0.3 is 10.5 Å². The van der Waals surface area contributed by atoms with Gasteiger partial charge in [-0.3, -0.25) is 4.98 Å². The third-order valence-corrected chi connectivity index (χ3v) is 2.62. The van der Waals surface area contributed by atoms with Crippen LogP contribution in [0.4, 0.5) is 5.69 Å². The fourth-order valence-electron chi connectivity index (χ4n) is 1.49. The molecule has 0 saturated carbocycles. The molecule has 0 atom stereocenters. The van der Waals surface area contributed by atoms with Crippen molar-refractivity contribution in [1.29, 1.82) is 0 Å². The molecule has 2 aromatic rings. The van der Waals surface area contributed by atoms with E-state index in [1.165, 1.54) is 0 Å². The number of benzene rings is 1. The average Bonchev–Trinajstić information content (AvgIpc) is 2.28. The Bertz CT molecular complexity index is 532. The SMILES string of the molecule is Cc1cccc(N)c1Oc1cnc(C)c(C)n1. The van der Waals surface area contributed by atoms with Crippen LogP contribution in [0.1, 0.15) is 17.0 Å². The van der Waals surface area contributed by atoms with Crippen molar-refractivity contribution in [3.05, 3.63) is 41.3 Å². The number of hydrogen-bond donors (Lipinski definition) is 1. The Morgan fingerprint density at radius 1 is 1.12 bits per heavy atom. The molecule has 0 bridgehead atoms. The highest BCUT2D eigenvalue weighted by molar-refractivity contribution is 5.57. The van der Waals surface area contributed by atoms with Crippen molar-refractivity contribution in [1.82, 2.24) is 9.97 Å². The van der Waals surface area contributed by atoms with Crippen LogP contribution in [0.2, 0.25) is 0 Å². The van der Waals surface area contributed by atoms with Gasteiger partial charge in [0.2, 0.25) is 5.88 Å². The first kappa shape index (κ1) is 11.4. The Labute approximate surface area is 100 Å². The van der Waals surface area contributed by atoms with Crippen molar-refractivity contribution in [3.8, 4) is 11.6 Å². The van der Waals surface area contributed by atoms with Crippen molar-refractivity contribution in [3.63, 3.8) is 0 Å². The molecule has 0 amide bonds. The van der Waals surface area contributed by atoms with Gasteiger partial charge in [0.1, 0.15) is 0 Å². The smallest absolute Gasteiger partial charge is 0.238 e. The van der Waals surface area contributed by atoms with Crippen LogP contribution in [0.3, 0.4) is 0 Å². The van der Waals surface area contributed by atoms with Crippen molar-refractivity contribution < 1.29 is 4.74 Å². The Hall–Kier alpha value is -2.10. The summed E-state index contributed by atoms with van der Waals surface area (Å²) < 4.78 is 5.68. The van der Waals surface area contributed by atoms with Crippen molar-refractivity contribution in [2.45, 2.75) is 20.8 Å². The molecule has 0 aliphatic heterocycles. The second-order valence-corrected chi connectivity index (χ2v) is 3.97. The lowest BCUT2D eigenvalue weighted by molar-refractivity contribution is 0.457. The molecule has 1 aromatic carbocycles. The summed E-state index contributed by atoms with van der Waals surface area (Å²) in [7, 11) is 0. The number of nitrogen functional groups attached to an aromatic ring is 1. The summed E-state index contributed by atoms with van der Waals surface area (Å²) in [5.41, 5.74) is 9.20. The maximum Gasteiger partial charge on any atom is 0.238 e. The molecule has 2 rings (SSSR count). The van der Waals surface area contributed by atoms with Crippen LogP contribution >= 0.6 is 0 Å². The second kappa shape index (κ2) is 4.41. The molecule has 0 spiro atoms. The van der Waals surface area contributed by atoms with E-state index in [0.717, 1.165) is 17.0 Å². The second-order valence-electron chi connectivity index (χ2n) is 3.97. The maximum absolute atomic E-state index is 5.86. The lowest BCUT2D eigenvalue weighted by Crippen LogP contribution is -1.98. The van der Waals surface area contributed by atoms with Gasteiger partial charge in [-0.05, 0) is 32.4 Å². The molecule has 1 heterocycles. The fraction of sp³-hybridized carbons (Fsp3) is 0.231. The van der Waals surface area contributed by atoms with E-state index in [9.17, 15) is 0 Å². The molecule has 0 unspecified atom stereocenters. The van der Waals surface area contributed by atoms with Crippen LogP contribution < -0.4 is 10.5 Å². The highest BCUT2D eigenvalue weighted by Gasteiger charge is 2.07. The van der Waals surface area contributed by atoms with Gasteiger partial charge in [-0.25, -0.2) is 4.98 Å². The predicted molar refractivity (Wildman–Crippen MR) is 67.2 cm³/mol.